The average molecular weight is 462 g/mol. The Labute approximate surface area is 204 Å². The van der Waals surface area contributed by atoms with Gasteiger partial charge < -0.3 is 15.5 Å². The Morgan fingerprint density at radius 3 is 2.21 bits per heavy atom. The van der Waals surface area contributed by atoms with Gasteiger partial charge in [-0.3, -0.25) is 9.69 Å². The van der Waals surface area contributed by atoms with Gasteiger partial charge in [0.25, 0.3) is 0 Å². The number of likely N-dealkylation sites (tertiary alicyclic amines) is 2. The molecule has 5 rings (SSSR count). The van der Waals surface area contributed by atoms with Crippen molar-refractivity contribution in [1.29, 1.82) is 0 Å². The molecule has 0 spiro atoms. The molecule has 0 unspecified atom stereocenters. The number of carbonyl (C=O) groups excluding carboxylic acids is 1. The van der Waals surface area contributed by atoms with Gasteiger partial charge in [0.1, 0.15) is 5.82 Å². The molecular weight excluding hydrogens is 422 g/mol. The fourth-order valence-corrected chi connectivity index (χ4v) is 6.05. The Morgan fingerprint density at radius 2 is 1.56 bits per heavy atom. The van der Waals surface area contributed by atoms with Crippen LogP contribution >= 0.6 is 0 Å². The molecule has 1 amide bonds. The standard InChI is InChI=1S/C28H39N5O/c29-27-19-23(5-12-30-27)21-32-15-10-26(11-16-32)28(34)33-17-6-22(7-18-33)20-31-13-8-24-3-1-2-4-25(24)9-14-31/h1-5,12,19,22,26H,6-11,13-18,20-21H2,(H2,29,30). The van der Waals surface area contributed by atoms with E-state index in [1.54, 1.807) is 6.20 Å². The average Bonchev–Trinajstić information content (AvgIpc) is 3.07. The van der Waals surface area contributed by atoms with Gasteiger partial charge in [-0.15, -0.1) is 0 Å². The lowest BCUT2D eigenvalue weighted by atomic mass is 9.91. The number of piperidine rings is 2. The van der Waals surface area contributed by atoms with Crippen LogP contribution in [0.4, 0.5) is 5.82 Å². The lowest BCUT2D eigenvalue weighted by Crippen LogP contribution is -2.46. The van der Waals surface area contributed by atoms with Crippen molar-refractivity contribution in [1.82, 2.24) is 19.7 Å². The number of benzene rings is 1. The van der Waals surface area contributed by atoms with E-state index in [0.29, 0.717) is 11.7 Å². The van der Waals surface area contributed by atoms with E-state index in [1.165, 1.54) is 49.2 Å². The fraction of sp³-hybridized carbons (Fsp3) is 0.571. The predicted molar refractivity (Wildman–Crippen MR) is 136 cm³/mol. The normalized spacial score (nSPS) is 21.2. The highest BCUT2D eigenvalue weighted by atomic mass is 16.2. The van der Waals surface area contributed by atoms with Crippen LogP contribution in [0.2, 0.25) is 0 Å². The summed E-state index contributed by atoms with van der Waals surface area (Å²) in [6.45, 7) is 8.25. The summed E-state index contributed by atoms with van der Waals surface area (Å²) in [4.78, 5) is 24.5. The van der Waals surface area contributed by atoms with E-state index in [-0.39, 0.29) is 5.92 Å². The van der Waals surface area contributed by atoms with E-state index in [4.69, 9.17) is 5.73 Å². The SMILES string of the molecule is Nc1cc(CN2CCC(C(=O)N3CCC(CN4CCc5ccccc5CC4)CC3)CC2)ccn1. The zero-order valence-corrected chi connectivity index (χ0v) is 20.4. The second-order valence-corrected chi connectivity index (χ2v) is 10.5. The first-order chi connectivity index (χ1) is 16.6. The maximum absolute atomic E-state index is 13.2. The second-order valence-electron chi connectivity index (χ2n) is 10.5. The maximum atomic E-state index is 13.2. The number of hydrogen-bond donors (Lipinski definition) is 1. The van der Waals surface area contributed by atoms with E-state index >= 15 is 0 Å². The van der Waals surface area contributed by atoms with E-state index in [9.17, 15) is 4.79 Å². The van der Waals surface area contributed by atoms with E-state index in [1.807, 2.05) is 12.1 Å². The number of nitrogen functional groups attached to an aromatic ring is 1. The highest BCUT2D eigenvalue weighted by molar-refractivity contribution is 5.79. The lowest BCUT2D eigenvalue weighted by molar-refractivity contribution is -0.138. The van der Waals surface area contributed by atoms with Crippen LogP contribution in [0.5, 0.6) is 0 Å². The topological polar surface area (TPSA) is 65.7 Å². The minimum absolute atomic E-state index is 0.194. The van der Waals surface area contributed by atoms with Crippen LogP contribution in [-0.2, 0) is 24.2 Å². The number of hydrogen-bond acceptors (Lipinski definition) is 5. The summed E-state index contributed by atoms with van der Waals surface area (Å²) in [5, 5.41) is 0. The smallest absolute Gasteiger partial charge is 0.225 e. The Kier molecular flexibility index (Phi) is 7.45. The third kappa shape index (κ3) is 5.78. The zero-order chi connectivity index (χ0) is 23.3. The van der Waals surface area contributed by atoms with Crippen LogP contribution in [0, 0.1) is 11.8 Å². The Morgan fingerprint density at radius 1 is 0.882 bits per heavy atom. The summed E-state index contributed by atoms with van der Waals surface area (Å²) in [6.07, 6.45) is 8.34. The van der Waals surface area contributed by atoms with E-state index in [2.05, 4.69) is 43.9 Å². The highest BCUT2D eigenvalue weighted by Crippen LogP contribution is 2.26. The number of rotatable bonds is 5. The van der Waals surface area contributed by atoms with Crippen LogP contribution in [-0.4, -0.2) is 71.4 Å². The molecule has 0 radical (unpaired) electrons. The summed E-state index contributed by atoms with van der Waals surface area (Å²) < 4.78 is 0. The fourth-order valence-electron chi connectivity index (χ4n) is 6.05. The molecule has 0 saturated carbocycles. The van der Waals surface area contributed by atoms with Crippen molar-refractivity contribution >= 4 is 11.7 Å². The number of anilines is 1. The number of carbonyl (C=O) groups is 1. The number of amides is 1. The van der Waals surface area contributed by atoms with Crippen molar-refractivity contribution in [3.05, 3.63) is 59.3 Å². The minimum Gasteiger partial charge on any atom is -0.384 e. The lowest BCUT2D eigenvalue weighted by Gasteiger charge is -2.38. The molecule has 3 aliphatic rings. The van der Waals surface area contributed by atoms with Gasteiger partial charge in [-0.1, -0.05) is 24.3 Å². The molecule has 0 aliphatic carbocycles. The Bertz CT molecular complexity index is 936. The van der Waals surface area contributed by atoms with Crippen LogP contribution in [0.1, 0.15) is 42.4 Å². The summed E-state index contributed by atoms with van der Waals surface area (Å²) in [5.41, 5.74) is 10.1. The van der Waals surface area contributed by atoms with Crippen molar-refractivity contribution < 1.29 is 4.79 Å². The van der Waals surface area contributed by atoms with Crippen molar-refractivity contribution in [2.45, 2.75) is 45.1 Å². The molecule has 2 aromatic rings. The monoisotopic (exact) mass is 461 g/mol. The molecule has 6 nitrogen and oxygen atoms in total. The van der Waals surface area contributed by atoms with Crippen molar-refractivity contribution in [3.63, 3.8) is 0 Å². The highest BCUT2D eigenvalue weighted by Gasteiger charge is 2.31. The molecule has 2 fully saturated rings. The Hall–Kier alpha value is -2.44. The molecule has 1 aromatic carbocycles. The second kappa shape index (κ2) is 10.9. The van der Waals surface area contributed by atoms with Gasteiger partial charge in [-0.05, 0) is 86.4 Å². The first-order valence-electron chi connectivity index (χ1n) is 13.1. The number of nitrogens with two attached hydrogens (primary N) is 1. The molecule has 2 N–H and O–H groups in total. The van der Waals surface area contributed by atoms with Gasteiger partial charge in [0.2, 0.25) is 5.91 Å². The third-order valence-corrected chi connectivity index (χ3v) is 8.14. The molecule has 1 aromatic heterocycles. The number of aromatic nitrogens is 1. The quantitative estimate of drug-likeness (QED) is 0.741. The molecule has 2 saturated heterocycles. The summed E-state index contributed by atoms with van der Waals surface area (Å²) in [5.74, 6) is 1.89. The first kappa shape index (κ1) is 23.3. The summed E-state index contributed by atoms with van der Waals surface area (Å²) >= 11 is 0. The third-order valence-electron chi connectivity index (χ3n) is 8.14. The Balaban J connectivity index is 1.03. The van der Waals surface area contributed by atoms with Gasteiger partial charge in [-0.25, -0.2) is 4.98 Å². The molecule has 6 heteroatoms. The van der Waals surface area contributed by atoms with Gasteiger partial charge in [0.15, 0.2) is 0 Å². The van der Waals surface area contributed by atoms with E-state index < -0.39 is 0 Å². The van der Waals surface area contributed by atoms with Gasteiger partial charge >= 0.3 is 0 Å². The summed E-state index contributed by atoms with van der Waals surface area (Å²) in [7, 11) is 0. The molecule has 0 bridgehead atoms. The zero-order valence-electron chi connectivity index (χ0n) is 20.4. The first-order valence-corrected chi connectivity index (χ1v) is 13.1. The van der Waals surface area contributed by atoms with E-state index in [0.717, 1.165) is 64.3 Å². The van der Waals surface area contributed by atoms with Crippen LogP contribution in [0.25, 0.3) is 0 Å². The van der Waals surface area contributed by atoms with Crippen LogP contribution in [0.3, 0.4) is 0 Å². The molecule has 4 heterocycles. The summed E-state index contributed by atoms with van der Waals surface area (Å²) in [6, 6.07) is 12.9. The molecule has 34 heavy (non-hydrogen) atoms. The molecular formula is C28H39N5O. The predicted octanol–water partition coefficient (Wildman–Crippen LogP) is 3.22. The van der Waals surface area contributed by atoms with Crippen molar-refractivity contribution in [2.75, 3.05) is 51.5 Å². The number of fused-ring (bicyclic) bond motifs is 1. The van der Waals surface area contributed by atoms with Gasteiger partial charge in [0, 0.05) is 51.4 Å². The van der Waals surface area contributed by atoms with Crippen molar-refractivity contribution in [3.8, 4) is 0 Å². The number of pyridine rings is 1. The molecule has 3 aliphatic heterocycles. The molecule has 182 valence electrons. The minimum atomic E-state index is 0.194. The van der Waals surface area contributed by atoms with Gasteiger partial charge in [0.05, 0.1) is 0 Å². The van der Waals surface area contributed by atoms with Crippen LogP contribution < -0.4 is 5.73 Å². The van der Waals surface area contributed by atoms with Gasteiger partial charge in [-0.2, -0.15) is 0 Å². The van der Waals surface area contributed by atoms with Crippen molar-refractivity contribution in [2.24, 2.45) is 11.8 Å². The number of nitrogens with zero attached hydrogens (tertiary/aromatic N) is 4. The van der Waals surface area contributed by atoms with Crippen LogP contribution in [0.15, 0.2) is 42.6 Å². The largest absolute Gasteiger partial charge is 0.384 e. The molecule has 0 atom stereocenters. The maximum Gasteiger partial charge on any atom is 0.225 e.